The zero-order valence-corrected chi connectivity index (χ0v) is 11.3. The minimum atomic E-state index is -0.390. The van der Waals surface area contributed by atoms with E-state index in [-0.39, 0.29) is 11.4 Å². The zero-order chi connectivity index (χ0) is 13.7. The van der Waals surface area contributed by atoms with Crippen molar-refractivity contribution in [2.75, 3.05) is 26.2 Å². The molecule has 0 radical (unpaired) electrons. The Balaban J connectivity index is 1.82. The van der Waals surface area contributed by atoms with Crippen molar-refractivity contribution in [1.29, 1.82) is 5.26 Å². The fourth-order valence-electron chi connectivity index (χ4n) is 2.58. The molecule has 1 unspecified atom stereocenters. The van der Waals surface area contributed by atoms with Crippen molar-refractivity contribution in [2.45, 2.75) is 19.9 Å². The molecule has 3 nitrogen and oxygen atoms in total. The molecule has 1 heterocycles. The van der Waals surface area contributed by atoms with E-state index in [2.05, 4.69) is 17.1 Å². The summed E-state index contributed by atoms with van der Waals surface area (Å²) in [5, 5.41) is 12.1. The molecular formula is C15H20FN3. The summed E-state index contributed by atoms with van der Waals surface area (Å²) >= 11 is 0. The van der Waals surface area contributed by atoms with E-state index >= 15 is 0 Å². The largest absolute Gasteiger partial charge is 0.312 e. The normalized spacial score (nSPS) is 19.5. The van der Waals surface area contributed by atoms with Crippen molar-refractivity contribution in [3.05, 3.63) is 35.1 Å². The highest BCUT2D eigenvalue weighted by Gasteiger charge is 2.20. The van der Waals surface area contributed by atoms with Crippen LogP contribution < -0.4 is 5.32 Å². The minimum absolute atomic E-state index is 0.123. The number of halogens is 1. The topological polar surface area (TPSA) is 39.1 Å². The first-order valence-corrected chi connectivity index (χ1v) is 6.85. The van der Waals surface area contributed by atoms with Crippen LogP contribution in [0, 0.1) is 23.1 Å². The average Bonchev–Trinajstić information content (AvgIpc) is 2.89. The van der Waals surface area contributed by atoms with Crippen LogP contribution in [0.4, 0.5) is 4.39 Å². The predicted molar refractivity (Wildman–Crippen MR) is 73.0 cm³/mol. The number of hydrogen-bond donors (Lipinski definition) is 1. The molecule has 1 aromatic rings. The quantitative estimate of drug-likeness (QED) is 0.882. The smallest absolute Gasteiger partial charge is 0.145 e. The van der Waals surface area contributed by atoms with Gasteiger partial charge in [0, 0.05) is 18.7 Å². The van der Waals surface area contributed by atoms with Gasteiger partial charge in [0.15, 0.2) is 0 Å². The summed E-state index contributed by atoms with van der Waals surface area (Å²) in [5.74, 6) is 0.265. The lowest BCUT2D eigenvalue weighted by Gasteiger charge is -2.14. The Kier molecular flexibility index (Phi) is 4.89. The van der Waals surface area contributed by atoms with E-state index in [1.807, 2.05) is 6.07 Å². The molecule has 1 N–H and O–H groups in total. The fourth-order valence-corrected chi connectivity index (χ4v) is 2.58. The zero-order valence-electron chi connectivity index (χ0n) is 11.3. The molecule has 1 aromatic carbocycles. The first-order valence-electron chi connectivity index (χ1n) is 6.85. The molecule has 0 saturated carbocycles. The van der Waals surface area contributed by atoms with Gasteiger partial charge in [-0.3, -0.25) is 0 Å². The summed E-state index contributed by atoms with van der Waals surface area (Å²) in [4.78, 5) is 2.43. The van der Waals surface area contributed by atoms with Crippen LogP contribution in [0.5, 0.6) is 0 Å². The molecule has 102 valence electrons. The third-order valence-electron chi connectivity index (χ3n) is 3.76. The van der Waals surface area contributed by atoms with Crippen LogP contribution in [0.15, 0.2) is 18.2 Å². The van der Waals surface area contributed by atoms with E-state index in [1.165, 1.54) is 19.0 Å². The Bertz CT molecular complexity index is 467. The van der Waals surface area contributed by atoms with Crippen molar-refractivity contribution in [3.63, 3.8) is 0 Å². The third-order valence-corrected chi connectivity index (χ3v) is 3.76. The lowest BCUT2D eigenvalue weighted by Crippen LogP contribution is -2.26. The molecule has 1 fully saturated rings. The maximum absolute atomic E-state index is 13.8. The number of benzene rings is 1. The number of rotatable bonds is 5. The average molecular weight is 261 g/mol. The van der Waals surface area contributed by atoms with Gasteiger partial charge in [-0.1, -0.05) is 19.1 Å². The van der Waals surface area contributed by atoms with Crippen LogP contribution >= 0.6 is 0 Å². The van der Waals surface area contributed by atoms with E-state index in [4.69, 9.17) is 5.26 Å². The number of nitrogens with zero attached hydrogens (tertiary/aromatic N) is 2. The molecule has 2 rings (SSSR count). The summed E-state index contributed by atoms with van der Waals surface area (Å²) in [6.45, 7) is 6.98. The Morgan fingerprint density at radius 3 is 3.05 bits per heavy atom. The Morgan fingerprint density at radius 2 is 2.37 bits per heavy atom. The second-order valence-corrected chi connectivity index (χ2v) is 5.07. The predicted octanol–water partition coefficient (Wildman–Crippen LogP) is 2.13. The fraction of sp³-hybridized carbons (Fsp3) is 0.533. The van der Waals surface area contributed by atoms with Crippen molar-refractivity contribution in [3.8, 4) is 6.07 Å². The van der Waals surface area contributed by atoms with E-state index in [1.54, 1.807) is 12.1 Å². The van der Waals surface area contributed by atoms with Gasteiger partial charge in [0.2, 0.25) is 0 Å². The van der Waals surface area contributed by atoms with Crippen LogP contribution in [0.3, 0.4) is 0 Å². The highest BCUT2D eigenvalue weighted by Crippen LogP contribution is 2.15. The highest BCUT2D eigenvalue weighted by atomic mass is 19.1. The first kappa shape index (κ1) is 14.0. The second-order valence-electron chi connectivity index (χ2n) is 5.07. The van der Waals surface area contributed by atoms with Gasteiger partial charge in [-0.2, -0.15) is 5.26 Å². The lowest BCUT2D eigenvalue weighted by molar-refractivity contribution is 0.338. The van der Waals surface area contributed by atoms with Crippen LogP contribution in [0.1, 0.15) is 24.5 Å². The molecule has 0 aliphatic carbocycles. The number of nitriles is 1. The lowest BCUT2D eigenvalue weighted by atomic mass is 10.1. The molecule has 19 heavy (non-hydrogen) atoms. The minimum Gasteiger partial charge on any atom is -0.312 e. The second kappa shape index (κ2) is 6.65. The molecule has 0 aromatic heterocycles. The van der Waals surface area contributed by atoms with Crippen LogP contribution in [-0.4, -0.2) is 31.1 Å². The van der Waals surface area contributed by atoms with Gasteiger partial charge < -0.3 is 10.2 Å². The van der Waals surface area contributed by atoms with Gasteiger partial charge in [-0.25, -0.2) is 4.39 Å². The van der Waals surface area contributed by atoms with Gasteiger partial charge in [0.1, 0.15) is 11.9 Å². The summed E-state index contributed by atoms with van der Waals surface area (Å²) in [7, 11) is 0. The maximum atomic E-state index is 13.8. The van der Waals surface area contributed by atoms with Crippen molar-refractivity contribution >= 4 is 0 Å². The van der Waals surface area contributed by atoms with Gasteiger partial charge >= 0.3 is 0 Å². The van der Waals surface area contributed by atoms with Gasteiger partial charge in [-0.15, -0.1) is 0 Å². The molecule has 0 bridgehead atoms. The summed E-state index contributed by atoms with van der Waals surface area (Å²) < 4.78 is 13.8. The maximum Gasteiger partial charge on any atom is 0.145 e. The molecule has 4 heteroatoms. The molecule has 1 saturated heterocycles. The van der Waals surface area contributed by atoms with Crippen LogP contribution in [-0.2, 0) is 6.54 Å². The van der Waals surface area contributed by atoms with Gasteiger partial charge in [-0.05, 0) is 38.0 Å². The van der Waals surface area contributed by atoms with E-state index in [0.717, 1.165) is 19.6 Å². The standard InChI is InChI=1S/C15H20FN3/c1-2-19-7-6-12(11-19)9-18-10-14-5-3-4-13(8-17)15(14)16/h3-5,12,18H,2,6-7,9-11H2,1H3. The van der Waals surface area contributed by atoms with Crippen LogP contribution in [0.25, 0.3) is 0 Å². The molecule has 1 aliphatic heterocycles. The van der Waals surface area contributed by atoms with Gasteiger partial charge in [0.25, 0.3) is 0 Å². The Hall–Kier alpha value is -1.44. The van der Waals surface area contributed by atoms with E-state index in [0.29, 0.717) is 18.0 Å². The molecule has 0 amide bonds. The Labute approximate surface area is 114 Å². The molecular weight excluding hydrogens is 241 g/mol. The first-order chi connectivity index (χ1) is 9.24. The SMILES string of the molecule is CCN1CCC(CNCc2cccc(C#N)c2F)C1. The number of hydrogen-bond acceptors (Lipinski definition) is 3. The van der Waals surface area contributed by atoms with Crippen molar-refractivity contribution < 1.29 is 4.39 Å². The molecule has 1 aliphatic rings. The number of nitrogens with one attached hydrogen (secondary N) is 1. The summed E-state index contributed by atoms with van der Waals surface area (Å²) in [6.07, 6.45) is 1.21. The monoisotopic (exact) mass is 261 g/mol. The van der Waals surface area contributed by atoms with E-state index in [9.17, 15) is 4.39 Å². The number of likely N-dealkylation sites (tertiary alicyclic amines) is 1. The summed E-state index contributed by atoms with van der Waals surface area (Å²) in [5.41, 5.74) is 0.696. The van der Waals surface area contributed by atoms with Gasteiger partial charge in [0.05, 0.1) is 5.56 Å². The van der Waals surface area contributed by atoms with E-state index < -0.39 is 0 Å². The third kappa shape index (κ3) is 3.52. The summed E-state index contributed by atoms with van der Waals surface area (Å²) in [6, 6.07) is 6.84. The molecule has 0 spiro atoms. The van der Waals surface area contributed by atoms with Crippen LogP contribution in [0.2, 0.25) is 0 Å². The van der Waals surface area contributed by atoms with Crippen molar-refractivity contribution in [2.24, 2.45) is 5.92 Å². The molecule has 1 atom stereocenters. The highest BCUT2D eigenvalue weighted by molar-refractivity contribution is 5.34. The Morgan fingerprint density at radius 1 is 1.53 bits per heavy atom. The van der Waals surface area contributed by atoms with Crippen molar-refractivity contribution in [1.82, 2.24) is 10.2 Å².